The molecule has 0 aliphatic heterocycles. The molecule has 66 valence electrons. The molecule has 0 aromatic carbocycles. The van der Waals surface area contributed by atoms with Gasteiger partial charge < -0.3 is 5.73 Å². The largest absolute Gasteiger partial charge is 0.327 e. The van der Waals surface area contributed by atoms with Crippen LogP contribution in [-0.4, -0.2) is 6.04 Å². The molecule has 2 N–H and O–H groups in total. The van der Waals surface area contributed by atoms with Crippen LogP contribution in [0.5, 0.6) is 0 Å². The van der Waals surface area contributed by atoms with Crippen molar-refractivity contribution in [1.82, 2.24) is 0 Å². The van der Waals surface area contributed by atoms with Crippen LogP contribution >= 0.6 is 0 Å². The van der Waals surface area contributed by atoms with E-state index in [1.54, 1.807) is 0 Å². The normalized spacial score (nSPS) is 39.5. The fourth-order valence-electron chi connectivity index (χ4n) is 2.28. The summed E-state index contributed by atoms with van der Waals surface area (Å²) >= 11 is 0. The van der Waals surface area contributed by atoms with Crippen LogP contribution < -0.4 is 5.73 Å². The standard InChI is InChI=1S/C10H21N/c1-7(2)9-5-4-8(3)6-10(9)11/h7-10H,4-6,11H2,1-3H3/t8-,9?,10-/m1/s1. The highest BCUT2D eigenvalue weighted by Crippen LogP contribution is 2.31. The lowest BCUT2D eigenvalue weighted by molar-refractivity contribution is 0.199. The van der Waals surface area contributed by atoms with Gasteiger partial charge in [0, 0.05) is 6.04 Å². The molecule has 1 saturated carbocycles. The van der Waals surface area contributed by atoms with Crippen molar-refractivity contribution < 1.29 is 0 Å². The predicted molar refractivity (Wildman–Crippen MR) is 49.3 cm³/mol. The van der Waals surface area contributed by atoms with Crippen molar-refractivity contribution >= 4 is 0 Å². The summed E-state index contributed by atoms with van der Waals surface area (Å²) in [5, 5.41) is 0. The van der Waals surface area contributed by atoms with Crippen molar-refractivity contribution in [2.45, 2.75) is 46.1 Å². The van der Waals surface area contributed by atoms with Gasteiger partial charge in [-0.15, -0.1) is 0 Å². The zero-order valence-electron chi connectivity index (χ0n) is 8.01. The van der Waals surface area contributed by atoms with Crippen LogP contribution in [0, 0.1) is 17.8 Å². The SMILES string of the molecule is CC(C)C1CC[C@@H](C)C[C@H]1N. The molecule has 0 heterocycles. The molecule has 0 saturated heterocycles. The summed E-state index contributed by atoms with van der Waals surface area (Å²) in [5.74, 6) is 2.42. The second kappa shape index (κ2) is 3.57. The van der Waals surface area contributed by atoms with Gasteiger partial charge in [-0.1, -0.05) is 27.2 Å². The number of nitrogens with two attached hydrogens (primary N) is 1. The molecular formula is C10H21N. The van der Waals surface area contributed by atoms with E-state index >= 15 is 0 Å². The Hall–Kier alpha value is -0.0400. The number of hydrogen-bond acceptors (Lipinski definition) is 1. The Bertz CT molecular complexity index is 120. The molecule has 0 aromatic rings. The third-order valence-electron chi connectivity index (χ3n) is 3.07. The molecule has 1 nitrogen and oxygen atoms in total. The van der Waals surface area contributed by atoms with E-state index in [4.69, 9.17) is 5.73 Å². The van der Waals surface area contributed by atoms with Crippen molar-refractivity contribution in [3.63, 3.8) is 0 Å². The van der Waals surface area contributed by atoms with Crippen molar-refractivity contribution in [2.24, 2.45) is 23.5 Å². The third-order valence-corrected chi connectivity index (χ3v) is 3.07. The molecule has 0 bridgehead atoms. The lowest BCUT2D eigenvalue weighted by Crippen LogP contribution is -2.38. The Morgan fingerprint density at radius 3 is 2.36 bits per heavy atom. The molecule has 0 spiro atoms. The zero-order valence-corrected chi connectivity index (χ0v) is 8.01. The first-order valence-corrected chi connectivity index (χ1v) is 4.87. The smallest absolute Gasteiger partial charge is 0.00721 e. The number of hydrogen-bond donors (Lipinski definition) is 1. The third kappa shape index (κ3) is 2.19. The molecule has 0 radical (unpaired) electrons. The molecule has 3 atom stereocenters. The van der Waals surface area contributed by atoms with Gasteiger partial charge in [-0.05, 0) is 30.6 Å². The van der Waals surface area contributed by atoms with Crippen LogP contribution in [0.1, 0.15) is 40.0 Å². The van der Waals surface area contributed by atoms with Crippen LogP contribution in [0.25, 0.3) is 0 Å². The number of rotatable bonds is 1. The Morgan fingerprint density at radius 2 is 1.91 bits per heavy atom. The maximum absolute atomic E-state index is 6.07. The van der Waals surface area contributed by atoms with E-state index in [1.165, 1.54) is 19.3 Å². The molecule has 0 aromatic heterocycles. The molecule has 1 fully saturated rings. The minimum absolute atomic E-state index is 0.471. The molecule has 11 heavy (non-hydrogen) atoms. The summed E-state index contributed by atoms with van der Waals surface area (Å²) < 4.78 is 0. The second-order valence-corrected chi connectivity index (χ2v) is 4.49. The minimum Gasteiger partial charge on any atom is -0.327 e. The fourth-order valence-corrected chi connectivity index (χ4v) is 2.28. The maximum Gasteiger partial charge on any atom is 0.00721 e. The van der Waals surface area contributed by atoms with E-state index < -0.39 is 0 Å². The highest BCUT2D eigenvalue weighted by Gasteiger charge is 2.27. The summed E-state index contributed by atoms with van der Waals surface area (Å²) in [6.07, 6.45) is 3.97. The summed E-state index contributed by atoms with van der Waals surface area (Å²) in [4.78, 5) is 0. The van der Waals surface area contributed by atoms with E-state index in [0.717, 1.165) is 17.8 Å². The van der Waals surface area contributed by atoms with Gasteiger partial charge in [0.15, 0.2) is 0 Å². The first-order chi connectivity index (χ1) is 5.11. The Kier molecular flexibility index (Phi) is 2.94. The second-order valence-electron chi connectivity index (χ2n) is 4.49. The van der Waals surface area contributed by atoms with E-state index in [9.17, 15) is 0 Å². The van der Waals surface area contributed by atoms with Gasteiger partial charge in [-0.25, -0.2) is 0 Å². The molecule has 1 heteroatoms. The molecule has 1 aliphatic carbocycles. The van der Waals surface area contributed by atoms with Gasteiger partial charge in [0.1, 0.15) is 0 Å². The van der Waals surface area contributed by atoms with Crippen LogP contribution in [-0.2, 0) is 0 Å². The highest BCUT2D eigenvalue weighted by molar-refractivity contribution is 4.82. The van der Waals surface area contributed by atoms with Crippen LogP contribution in [0.15, 0.2) is 0 Å². The maximum atomic E-state index is 6.07. The first-order valence-electron chi connectivity index (χ1n) is 4.87. The van der Waals surface area contributed by atoms with Crippen molar-refractivity contribution in [3.05, 3.63) is 0 Å². The summed E-state index contributed by atoms with van der Waals surface area (Å²) in [7, 11) is 0. The Balaban J connectivity index is 2.44. The molecular weight excluding hydrogens is 134 g/mol. The summed E-state index contributed by atoms with van der Waals surface area (Å²) in [6, 6.07) is 0.471. The van der Waals surface area contributed by atoms with Gasteiger partial charge in [-0.3, -0.25) is 0 Å². The summed E-state index contributed by atoms with van der Waals surface area (Å²) in [5.41, 5.74) is 6.07. The van der Waals surface area contributed by atoms with E-state index in [0.29, 0.717) is 6.04 Å². The van der Waals surface area contributed by atoms with Gasteiger partial charge in [-0.2, -0.15) is 0 Å². The van der Waals surface area contributed by atoms with Gasteiger partial charge in [0.25, 0.3) is 0 Å². The quantitative estimate of drug-likeness (QED) is 0.618. The minimum atomic E-state index is 0.471. The average Bonchev–Trinajstić information content (AvgIpc) is 1.85. The van der Waals surface area contributed by atoms with Crippen molar-refractivity contribution in [3.8, 4) is 0 Å². The van der Waals surface area contributed by atoms with Crippen LogP contribution in [0.2, 0.25) is 0 Å². The van der Waals surface area contributed by atoms with Crippen LogP contribution in [0.3, 0.4) is 0 Å². The van der Waals surface area contributed by atoms with E-state index in [-0.39, 0.29) is 0 Å². The average molecular weight is 155 g/mol. The Morgan fingerprint density at radius 1 is 1.27 bits per heavy atom. The van der Waals surface area contributed by atoms with Gasteiger partial charge in [0.2, 0.25) is 0 Å². The lowest BCUT2D eigenvalue weighted by atomic mass is 9.74. The highest BCUT2D eigenvalue weighted by atomic mass is 14.7. The fraction of sp³-hybridized carbons (Fsp3) is 1.00. The van der Waals surface area contributed by atoms with Crippen molar-refractivity contribution in [1.29, 1.82) is 0 Å². The van der Waals surface area contributed by atoms with Crippen LogP contribution in [0.4, 0.5) is 0 Å². The lowest BCUT2D eigenvalue weighted by Gasteiger charge is -2.34. The molecule has 1 rings (SSSR count). The predicted octanol–water partition coefficient (Wildman–Crippen LogP) is 2.41. The van der Waals surface area contributed by atoms with Crippen molar-refractivity contribution in [2.75, 3.05) is 0 Å². The molecule has 1 unspecified atom stereocenters. The van der Waals surface area contributed by atoms with E-state index in [1.807, 2.05) is 0 Å². The topological polar surface area (TPSA) is 26.0 Å². The summed E-state index contributed by atoms with van der Waals surface area (Å²) in [6.45, 7) is 6.90. The first kappa shape index (κ1) is 9.05. The zero-order chi connectivity index (χ0) is 8.43. The van der Waals surface area contributed by atoms with Gasteiger partial charge in [0.05, 0.1) is 0 Å². The monoisotopic (exact) mass is 155 g/mol. The Labute approximate surface area is 70.4 Å². The van der Waals surface area contributed by atoms with E-state index in [2.05, 4.69) is 20.8 Å². The van der Waals surface area contributed by atoms with Gasteiger partial charge >= 0.3 is 0 Å². The molecule has 1 aliphatic rings. The molecule has 0 amide bonds.